The van der Waals surface area contributed by atoms with Crippen LogP contribution in [0.1, 0.15) is 23.9 Å². The van der Waals surface area contributed by atoms with Crippen molar-refractivity contribution in [3.05, 3.63) is 64.4 Å². The molecule has 33 heavy (non-hydrogen) atoms. The maximum atomic E-state index is 12.4. The zero-order valence-electron chi connectivity index (χ0n) is 18.7. The lowest BCUT2D eigenvalue weighted by molar-refractivity contribution is -0.120. The van der Waals surface area contributed by atoms with E-state index in [0.717, 1.165) is 16.9 Å². The molecule has 3 aromatic rings. The molecule has 0 radical (unpaired) electrons. The molecule has 2 aromatic carbocycles. The highest BCUT2D eigenvalue weighted by atomic mass is 35.5. The Balaban J connectivity index is 1.52. The molecule has 8 nitrogen and oxygen atoms in total. The summed E-state index contributed by atoms with van der Waals surface area (Å²) in [5.41, 5.74) is 2.40. The summed E-state index contributed by atoms with van der Waals surface area (Å²) in [6, 6.07) is 12.7. The molecule has 0 unspecified atom stereocenters. The van der Waals surface area contributed by atoms with Crippen LogP contribution in [0.15, 0.2) is 47.6 Å². The molecule has 0 fully saturated rings. The summed E-state index contributed by atoms with van der Waals surface area (Å²) in [6.45, 7) is 4.69. The molecular formula is C23H26ClN5O3S. The molecule has 0 spiro atoms. The minimum atomic E-state index is -0.162. The summed E-state index contributed by atoms with van der Waals surface area (Å²) in [7, 11) is 1.60. The molecule has 0 aliphatic rings. The maximum absolute atomic E-state index is 12.4. The van der Waals surface area contributed by atoms with Crippen LogP contribution in [0.2, 0.25) is 5.02 Å². The Morgan fingerprint density at radius 1 is 1.12 bits per heavy atom. The van der Waals surface area contributed by atoms with Crippen molar-refractivity contribution in [2.45, 2.75) is 38.5 Å². The summed E-state index contributed by atoms with van der Waals surface area (Å²) in [5.74, 6) is 1.28. The van der Waals surface area contributed by atoms with Crippen LogP contribution in [0.5, 0.6) is 5.75 Å². The summed E-state index contributed by atoms with van der Waals surface area (Å²) in [6.07, 6.45) is 0.259. The first-order chi connectivity index (χ1) is 15.9. The number of amides is 2. The Bertz CT molecular complexity index is 1120. The van der Waals surface area contributed by atoms with E-state index >= 15 is 0 Å². The van der Waals surface area contributed by atoms with Crippen molar-refractivity contribution in [3.63, 3.8) is 0 Å². The predicted octanol–water partition coefficient (Wildman–Crippen LogP) is 3.86. The molecule has 0 aliphatic carbocycles. The van der Waals surface area contributed by atoms with E-state index in [1.807, 2.05) is 48.7 Å². The van der Waals surface area contributed by atoms with Crippen molar-refractivity contribution in [1.29, 1.82) is 0 Å². The summed E-state index contributed by atoms with van der Waals surface area (Å²) in [4.78, 5) is 24.7. The van der Waals surface area contributed by atoms with Crippen molar-refractivity contribution >= 4 is 40.9 Å². The molecule has 1 heterocycles. The smallest absolute Gasteiger partial charge is 0.234 e. The molecule has 0 atom stereocenters. The van der Waals surface area contributed by atoms with Crippen LogP contribution >= 0.6 is 23.4 Å². The second kappa shape index (κ2) is 11.7. The number of ether oxygens (including phenoxy) is 1. The predicted molar refractivity (Wildman–Crippen MR) is 130 cm³/mol. The normalized spacial score (nSPS) is 10.7. The third-order valence-electron chi connectivity index (χ3n) is 4.95. The van der Waals surface area contributed by atoms with Crippen molar-refractivity contribution < 1.29 is 14.3 Å². The number of carbonyl (C=O) groups excluding carboxylic acids is 2. The number of rotatable bonds is 10. The maximum Gasteiger partial charge on any atom is 0.234 e. The van der Waals surface area contributed by atoms with Gasteiger partial charge in [0.1, 0.15) is 5.75 Å². The van der Waals surface area contributed by atoms with E-state index in [-0.39, 0.29) is 30.5 Å². The average Bonchev–Trinajstić information content (AvgIpc) is 3.21. The first kappa shape index (κ1) is 24.6. The van der Waals surface area contributed by atoms with Crippen LogP contribution in [-0.4, -0.2) is 39.4 Å². The minimum absolute atomic E-state index is 0.115. The van der Waals surface area contributed by atoms with E-state index in [1.54, 1.807) is 19.2 Å². The molecule has 174 valence electrons. The summed E-state index contributed by atoms with van der Waals surface area (Å²) >= 11 is 7.40. The van der Waals surface area contributed by atoms with Gasteiger partial charge in [-0.3, -0.25) is 9.59 Å². The minimum Gasteiger partial charge on any atom is -0.497 e. The topological polar surface area (TPSA) is 98.1 Å². The zero-order valence-corrected chi connectivity index (χ0v) is 20.3. The van der Waals surface area contributed by atoms with Gasteiger partial charge in [-0.1, -0.05) is 41.6 Å². The fourth-order valence-corrected chi connectivity index (χ4v) is 4.10. The Hall–Kier alpha value is -3.04. The summed E-state index contributed by atoms with van der Waals surface area (Å²) < 4.78 is 7.02. The number of anilines is 1. The molecule has 0 aliphatic heterocycles. The zero-order chi connectivity index (χ0) is 23.8. The Kier molecular flexibility index (Phi) is 8.73. The van der Waals surface area contributed by atoms with Crippen LogP contribution in [0.25, 0.3) is 0 Å². The van der Waals surface area contributed by atoms with Crippen LogP contribution < -0.4 is 15.4 Å². The van der Waals surface area contributed by atoms with Gasteiger partial charge in [0.15, 0.2) is 11.0 Å². The second-order valence-corrected chi connectivity index (χ2v) is 8.54. The standard InChI is InChI=1S/C23H26ClN5O3S/c1-4-29-20(13-25-21(30)12-16-8-10-17(32-3)11-9-16)27-28-23(29)33-14-22(31)26-19-7-5-6-18(24)15(19)2/h5-11H,4,12-14H2,1-3H3,(H,25,30)(H,26,31). The van der Waals surface area contributed by atoms with Gasteiger partial charge in [-0.2, -0.15) is 0 Å². The molecule has 0 saturated carbocycles. The highest BCUT2D eigenvalue weighted by Crippen LogP contribution is 2.24. The second-order valence-electron chi connectivity index (χ2n) is 7.19. The number of aromatic nitrogens is 3. The lowest BCUT2D eigenvalue weighted by atomic mass is 10.1. The molecule has 0 saturated heterocycles. The third kappa shape index (κ3) is 6.72. The van der Waals surface area contributed by atoms with E-state index in [2.05, 4.69) is 20.8 Å². The van der Waals surface area contributed by atoms with Crippen molar-refractivity contribution in [2.24, 2.45) is 0 Å². The third-order valence-corrected chi connectivity index (χ3v) is 6.33. The quantitative estimate of drug-likeness (QED) is 0.421. The molecule has 1 aromatic heterocycles. The SMILES string of the molecule is CCn1c(CNC(=O)Cc2ccc(OC)cc2)nnc1SCC(=O)Nc1cccc(Cl)c1C. The van der Waals surface area contributed by atoms with Crippen LogP contribution in [0.4, 0.5) is 5.69 Å². The van der Waals surface area contributed by atoms with Crippen molar-refractivity contribution in [1.82, 2.24) is 20.1 Å². The van der Waals surface area contributed by atoms with E-state index < -0.39 is 0 Å². The fraction of sp³-hybridized carbons (Fsp3) is 0.304. The largest absolute Gasteiger partial charge is 0.497 e. The molecular weight excluding hydrogens is 462 g/mol. The molecule has 3 rings (SSSR count). The fourth-order valence-electron chi connectivity index (χ4n) is 3.10. The van der Waals surface area contributed by atoms with Crippen LogP contribution in [0, 0.1) is 6.92 Å². The lowest BCUT2D eigenvalue weighted by Crippen LogP contribution is -2.26. The number of hydrogen-bond acceptors (Lipinski definition) is 6. The number of hydrogen-bond donors (Lipinski definition) is 2. The Morgan fingerprint density at radius 2 is 1.88 bits per heavy atom. The molecule has 10 heteroatoms. The highest BCUT2D eigenvalue weighted by molar-refractivity contribution is 7.99. The van der Waals surface area contributed by atoms with Crippen LogP contribution in [-0.2, 0) is 29.1 Å². The molecule has 2 amide bonds. The van der Waals surface area contributed by atoms with Crippen LogP contribution in [0.3, 0.4) is 0 Å². The average molecular weight is 488 g/mol. The van der Waals surface area contributed by atoms with Gasteiger partial charge in [0.05, 0.1) is 25.8 Å². The van der Waals surface area contributed by atoms with Crippen molar-refractivity contribution in [2.75, 3.05) is 18.2 Å². The van der Waals surface area contributed by atoms with Gasteiger partial charge in [-0.25, -0.2) is 0 Å². The van der Waals surface area contributed by atoms with Gasteiger partial charge < -0.3 is 19.9 Å². The number of halogens is 1. The van der Waals surface area contributed by atoms with Crippen molar-refractivity contribution in [3.8, 4) is 5.75 Å². The number of benzene rings is 2. The monoisotopic (exact) mass is 487 g/mol. The molecule has 2 N–H and O–H groups in total. The van der Waals surface area contributed by atoms with Gasteiger partial charge in [-0.05, 0) is 49.2 Å². The molecule has 0 bridgehead atoms. The number of methoxy groups -OCH3 is 1. The van der Waals surface area contributed by atoms with E-state index in [1.165, 1.54) is 11.8 Å². The van der Waals surface area contributed by atoms with Gasteiger partial charge in [0.2, 0.25) is 11.8 Å². The first-order valence-electron chi connectivity index (χ1n) is 10.4. The Morgan fingerprint density at radius 3 is 2.58 bits per heavy atom. The Labute approximate surface area is 202 Å². The van der Waals surface area contributed by atoms with E-state index in [0.29, 0.717) is 28.2 Å². The van der Waals surface area contributed by atoms with Gasteiger partial charge in [0.25, 0.3) is 0 Å². The number of nitrogens with one attached hydrogen (secondary N) is 2. The van der Waals surface area contributed by atoms with Gasteiger partial charge >= 0.3 is 0 Å². The lowest BCUT2D eigenvalue weighted by Gasteiger charge is -2.10. The number of carbonyl (C=O) groups is 2. The highest BCUT2D eigenvalue weighted by Gasteiger charge is 2.15. The first-order valence-corrected chi connectivity index (χ1v) is 11.8. The van der Waals surface area contributed by atoms with Gasteiger partial charge in [-0.15, -0.1) is 10.2 Å². The number of thioether (sulfide) groups is 1. The summed E-state index contributed by atoms with van der Waals surface area (Å²) in [5, 5.41) is 15.3. The number of nitrogens with zero attached hydrogens (tertiary/aromatic N) is 3. The van der Waals surface area contributed by atoms with Gasteiger partial charge in [0, 0.05) is 17.3 Å². The van der Waals surface area contributed by atoms with E-state index in [4.69, 9.17) is 16.3 Å². The van der Waals surface area contributed by atoms with E-state index in [9.17, 15) is 9.59 Å².